The Kier molecular flexibility index (Phi) is 6.58. The first-order chi connectivity index (χ1) is 13.7. The van der Waals surface area contributed by atoms with Crippen LogP contribution in [0.4, 0.5) is 5.13 Å². The molecule has 1 amide bonds. The summed E-state index contributed by atoms with van der Waals surface area (Å²) in [4.78, 5) is 12.0. The molecule has 0 fully saturated rings. The van der Waals surface area contributed by atoms with Crippen molar-refractivity contribution in [3.63, 3.8) is 0 Å². The van der Waals surface area contributed by atoms with Gasteiger partial charge in [0.25, 0.3) is 5.91 Å². The van der Waals surface area contributed by atoms with Gasteiger partial charge in [-0.15, -0.1) is 10.2 Å². The van der Waals surface area contributed by atoms with E-state index in [4.69, 9.17) is 15.3 Å². The smallest absolute Gasteiger partial charge is 0.264 e. The molecule has 0 saturated heterocycles. The standard InChI is InChI=1S/C19H13N5O2S2/c20-9-13-5-7-14(8-6-13)12-27-19-24-23-18(28-19)22-17(25)11-26-16-4-2-1-3-15(16)10-21/h1-8H,11-12H2,(H,22,23,25). The number of nitrogens with one attached hydrogen (secondary N) is 1. The summed E-state index contributed by atoms with van der Waals surface area (Å²) in [6, 6.07) is 18.1. The van der Waals surface area contributed by atoms with Crippen molar-refractivity contribution in [2.45, 2.75) is 10.1 Å². The lowest BCUT2D eigenvalue weighted by molar-refractivity contribution is -0.118. The van der Waals surface area contributed by atoms with E-state index in [1.165, 1.54) is 23.1 Å². The SMILES string of the molecule is N#Cc1ccc(CSc2nnc(NC(=O)COc3ccccc3C#N)s2)cc1. The Hall–Kier alpha value is -3.40. The lowest BCUT2D eigenvalue weighted by atomic mass is 10.2. The molecule has 0 bridgehead atoms. The van der Waals surface area contributed by atoms with Crippen LogP contribution in [0.1, 0.15) is 16.7 Å². The molecule has 0 aliphatic rings. The number of hydrogen-bond donors (Lipinski definition) is 1. The zero-order valence-electron chi connectivity index (χ0n) is 14.5. The molecule has 1 heterocycles. The number of carbonyl (C=O) groups excluding carboxylic acids is 1. The van der Waals surface area contributed by atoms with Crippen molar-refractivity contribution < 1.29 is 9.53 Å². The number of aromatic nitrogens is 2. The van der Waals surface area contributed by atoms with E-state index in [1.807, 2.05) is 18.2 Å². The van der Waals surface area contributed by atoms with Crippen molar-refractivity contribution in [3.8, 4) is 17.9 Å². The van der Waals surface area contributed by atoms with E-state index >= 15 is 0 Å². The van der Waals surface area contributed by atoms with Crippen LogP contribution in [0.5, 0.6) is 5.75 Å². The summed E-state index contributed by atoms with van der Waals surface area (Å²) in [5.74, 6) is 0.658. The largest absolute Gasteiger partial charge is 0.482 e. The molecular formula is C19H13N5O2S2. The fourth-order valence-electron chi connectivity index (χ4n) is 2.12. The van der Waals surface area contributed by atoms with Crippen LogP contribution < -0.4 is 10.1 Å². The minimum atomic E-state index is -0.382. The Morgan fingerprint density at radius 2 is 1.89 bits per heavy atom. The van der Waals surface area contributed by atoms with Crippen LogP contribution in [-0.2, 0) is 10.5 Å². The van der Waals surface area contributed by atoms with Crippen molar-refractivity contribution in [1.82, 2.24) is 10.2 Å². The second-order valence-electron chi connectivity index (χ2n) is 5.42. The number of nitrogens with zero attached hydrogens (tertiary/aromatic N) is 4. The number of para-hydroxylation sites is 1. The summed E-state index contributed by atoms with van der Waals surface area (Å²) in [6.07, 6.45) is 0. The maximum absolute atomic E-state index is 12.0. The third-order valence-electron chi connectivity index (χ3n) is 3.46. The normalized spacial score (nSPS) is 9.93. The molecule has 0 aliphatic heterocycles. The molecule has 0 spiro atoms. The topological polar surface area (TPSA) is 112 Å². The van der Waals surface area contributed by atoms with Gasteiger partial charge in [-0.3, -0.25) is 10.1 Å². The number of anilines is 1. The Labute approximate surface area is 169 Å². The maximum Gasteiger partial charge on any atom is 0.264 e. The number of carbonyl (C=O) groups is 1. The van der Waals surface area contributed by atoms with E-state index in [1.54, 1.807) is 36.4 Å². The molecule has 0 atom stereocenters. The van der Waals surface area contributed by atoms with Crippen molar-refractivity contribution >= 4 is 34.1 Å². The van der Waals surface area contributed by atoms with Crippen molar-refractivity contribution in [2.24, 2.45) is 0 Å². The third-order valence-corrected chi connectivity index (χ3v) is 5.51. The first-order valence-corrected chi connectivity index (χ1v) is 9.85. The number of hydrogen-bond acceptors (Lipinski definition) is 8. The highest BCUT2D eigenvalue weighted by Gasteiger charge is 2.11. The van der Waals surface area contributed by atoms with Crippen LogP contribution in [-0.4, -0.2) is 22.7 Å². The number of thioether (sulfide) groups is 1. The lowest BCUT2D eigenvalue weighted by Crippen LogP contribution is -2.20. The number of amides is 1. The summed E-state index contributed by atoms with van der Waals surface area (Å²) in [7, 11) is 0. The molecule has 28 heavy (non-hydrogen) atoms. The van der Waals surface area contributed by atoms with E-state index in [0.29, 0.717) is 27.8 Å². The summed E-state index contributed by atoms with van der Waals surface area (Å²) in [5.41, 5.74) is 2.05. The highest BCUT2D eigenvalue weighted by atomic mass is 32.2. The Morgan fingerprint density at radius 1 is 1.11 bits per heavy atom. The second kappa shape index (κ2) is 9.51. The van der Waals surface area contributed by atoms with Gasteiger partial charge in [0.15, 0.2) is 10.9 Å². The molecule has 7 nitrogen and oxygen atoms in total. The fourth-order valence-corrected chi connectivity index (χ4v) is 3.85. The van der Waals surface area contributed by atoms with E-state index in [-0.39, 0.29) is 12.5 Å². The van der Waals surface area contributed by atoms with Crippen LogP contribution in [0.15, 0.2) is 52.9 Å². The van der Waals surface area contributed by atoms with Crippen LogP contribution in [0.3, 0.4) is 0 Å². The second-order valence-corrected chi connectivity index (χ2v) is 7.62. The third kappa shape index (κ3) is 5.30. The van der Waals surface area contributed by atoms with Crippen LogP contribution in [0.2, 0.25) is 0 Å². The molecule has 3 rings (SSSR count). The van der Waals surface area contributed by atoms with Gasteiger partial charge in [-0.05, 0) is 29.8 Å². The highest BCUT2D eigenvalue weighted by molar-refractivity contribution is 8.00. The fraction of sp³-hybridized carbons (Fsp3) is 0.105. The van der Waals surface area contributed by atoms with Gasteiger partial charge in [-0.1, -0.05) is 47.4 Å². The first kappa shape index (κ1) is 19.4. The van der Waals surface area contributed by atoms with Crippen LogP contribution in [0.25, 0.3) is 0 Å². The van der Waals surface area contributed by atoms with E-state index in [2.05, 4.69) is 21.6 Å². The molecule has 1 N–H and O–H groups in total. The molecule has 138 valence electrons. The molecule has 0 saturated carbocycles. The Bertz CT molecular complexity index is 1050. The average molecular weight is 407 g/mol. The van der Waals surface area contributed by atoms with E-state index < -0.39 is 0 Å². The van der Waals surface area contributed by atoms with Gasteiger partial charge in [0.2, 0.25) is 5.13 Å². The molecule has 0 radical (unpaired) electrons. The highest BCUT2D eigenvalue weighted by Crippen LogP contribution is 2.28. The molecule has 0 aliphatic carbocycles. The van der Waals surface area contributed by atoms with Crippen molar-refractivity contribution in [2.75, 3.05) is 11.9 Å². The summed E-state index contributed by atoms with van der Waals surface area (Å²) in [6.45, 7) is -0.230. The molecular weight excluding hydrogens is 394 g/mol. The molecule has 2 aromatic carbocycles. The predicted molar refractivity (Wildman–Crippen MR) is 106 cm³/mol. The number of rotatable bonds is 7. The lowest BCUT2D eigenvalue weighted by Gasteiger charge is -2.06. The summed E-state index contributed by atoms with van der Waals surface area (Å²) >= 11 is 2.76. The minimum absolute atomic E-state index is 0.230. The molecule has 9 heteroatoms. The van der Waals surface area contributed by atoms with Crippen molar-refractivity contribution in [1.29, 1.82) is 10.5 Å². The van der Waals surface area contributed by atoms with Crippen LogP contribution in [0, 0.1) is 22.7 Å². The maximum atomic E-state index is 12.0. The first-order valence-electron chi connectivity index (χ1n) is 8.05. The van der Waals surface area contributed by atoms with E-state index in [9.17, 15) is 4.79 Å². The van der Waals surface area contributed by atoms with Gasteiger partial charge < -0.3 is 4.74 Å². The van der Waals surface area contributed by atoms with Gasteiger partial charge in [-0.25, -0.2) is 0 Å². The predicted octanol–water partition coefficient (Wildman–Crippen LogP) is 3.59. The van der Waals surface area contributed by atoms with E-state index in [0.717, 1.165) is 9.90 Å². The average Bonchev–Trinajstić information content (AvgIpc) is 3.18. The number of nitriles is 2. The number of ether oxygens (including phenoxy) is 1. The Morgan fingerprint density at radius 3 is 2.64 bits per heavy atom. The van der Waals surface area contributed by atoms with Crippen LogP contribution >= 0.6 is 23.1 Å². The van der Waals surface area contributed by atoms with Gasteiger partial charge in [0.05, 0.1) is 17.2 Å². The van der Waals surface area contributed by atoms with Gasteiger partial charge in [0.1, 0.15) is 11.8 Å². The van der Waals surface area contributed by atoms with Gasteiger partial charge >= 0.3 is 0 Å². The zero-order chi connectivity index (χ0) is 19.8. The summed E-state index contributed by atoms with van der Waals surface area (Å²) < 4.78 is 6.10. The van der Waals surface area contributed by atoms with Gasteiger partial charge in [0, 0.05) is 5.75 Å². The quantitative estimate of drug-likeness (QED) is 0.470. The molecule has 1 aromatic heterocycles. The molecule has 0 unspecified atom stereocenters. The van der Waals surface area contributed by atoms with Crippen molar-refractivity contribution in [3.05, 3.63) is 65.2 Å². The molecule has 3 aromatic rings. The summed E-state index contributed by atoms with van der Waals surface area (Å²) in [5, 5.41) is 28.8. The van der Waals surface area contributed by atoms with Gasteiger partial charge in [-0.2, -0.15) is 10.5 Å². The monoisotopic (exact) mass is 407 g/mol. The Balaban J connectivity index is 1.49. The minimum Gasteiger partial charge on any atom is -0.482 e. The zero-order valence-corrected chi connectivity index (χ0v) is 16.1. The number of benzene rings is 2.